The van der Waals surface area contributed by atoms with Gasteiger partial charge in [-0.15, -0.1) is 0 Å². The van der Waals surface area contributed by atoms with E-state index in [0.29, 0.717) is 17.1 Å². The van der Waals surface area contributed by atoms with Crippen molar-refractivity contribution in [2.24, 2.45) is 16.8 Å². The maximum Gasteiger partial charge on any atom is 0.329 e. The van der Waals surface area contributed by atoms with Crippen LogP contribution in [0.25, 0.3) is 11.3 Å². The van der Waals surface area contributed by atoms with Crippen LogP contribution < -0.4 is 10.2 Å². The molecule has 13 nitrogen and oxygen atoms in total. The number of urea groups is 1. The lowest BCUT2D eigenvalue weighted by molar-refractivity contribution is -0.138. The number of nitrogens with zero attached hydrogens (tertiary/aromatic N) is 9. The third-order valence-corrected chi connectivity index (χ3v) is 7.91. The number of aliphatic imine (C=N–C) groups is 1. The molecule has 2 aromatic heterocycles. The van der Waals surface area contributed by atoms with Crippen LogP contribution >= 0.6 is 0 Å². The quantitative estimate of drug-likeness (QED) is 0.520. The molecule has 0 aromatic carbocycles. The number of hydrogen-bond acceptors (Lipinski definition) is 10. The van der Waals surface area contributed by atoms with Gasteiger partial charge in [-0.3, -0.25) is 14.6 Å². The van der Waals surface area contributed by atoms with Gasteiger partial charge in [0.05, 0.1) is 42.3 Å². The van der Waals surface area contributed by atoms with Crippen LogP contribution in [0.15, 0.2) is 35.7 Å². The Hall–Kier alpha value is -4.74. The van der Waals surface area contributed by atoms with Gasteiger partial charge in [0, 0.05) is 31.9 Å². The maximum atomic E-state index is 13.5. The summed E-state index contributed by atoms with van der Waals surface area (Å²) in [5.74, 6) is -4.08. The van der Waals surface area contributed by atoms with Crippen LogP contribution in [-0.2, 0) is 9.59 Å². The average Bonchev–Trinajstić information content (AvgIpc) is 3.38. The molecule has 15 heteroatoms. The number of hydrogen-bond donors (Lipinski definition) is 1. The summed E-state index contributed by atoms with van der Waals surface area (Å²) in [5.41, 5.74) is 1.07. The summed E-state index contributed by atoms with van der Waals surface area (Å²) in [4.78, 5) is 61.3. The minimum absolute atomic E-state index is 0.168. The monoisotopic (exact) mass is 550 g/mol. The first-order valence-electron chi connectivity index (χ1n) is 12.6. The van der Waals surface area contributed by atoms with E-state index in [2.05, 4.69) is 25.3 Å². The Morgan fingerprint density at radius 2 is 1.98 bits per heavy atom. The number of rotatable bonds is 6. The number of aromatic nitrogens is 3. The zero-order valence-corrected chi connectivity index (χ0v) is 21.5. The molecule has 0 radical (unpaired) electrons. The van der Waals surface area contributed by atoms with E-state index in [4.69, 9.17) is 5.26 Å². The Morgan fingerprint density at radius 1 is 1.23 bits per heavy atom. The number of pyridine rings is 1. The highest BCUT2D eigenvalue weighted by Gasteiger charge is 2.71. The van der Waals surface area contributed by atoms with Crippen LogP contribution in [-0.4, -0.2) is 105 Å². The first kappa shape index (κ1) is 25.5. The lowest BCUT2D eigenvalue weighted by Gasteiger charge is -2.41. The summed E-state index contributed by atoms with van der Waals surface area (Å²) in [6.45, 7) is 1.73. The first-order chi connectivity index (χ1) is 19.1. The van der Waals surface area contributed by atoms with Crippen LogP contribution in [0.3, 0.4) is 0 Å². The highest BCUT2D eigenvalue weighted by atomic mass is 19.3. The molecular weight excluding hydrogens is 526 g/mol. The number of likely N-dealkylation sites (N-methyl/N-ethyl adjacent to an activating group) is 1. The molecule has 2 saturated heterocycles. The van der Waals surface area contributed by atoms with Crippen LogP contribution in [0.2, 0.25) is 0 Å². The molecule has 4 amide bonds. The van der Waals surface area contributed by atoms with Crippen molar-refractivity contribution in [3.05, 3.63) is 30.7 Å². The Morgan fingerprint density at radius 3 is 2.65 bits per heavy atom. The summed E-state index contributed by atoms with van der Waals surface area (Å²) in [6.07, 6.45) is 5.01. The van der Waals surface area contributed by atoms with Gasteiger partial charge < -0.3 is 20.0 Å². The van der Waals surface area contributed by atoms with Gasteiger partial charge >= 0.3 is 6.03 Å². The van der Waals surface area contributed by atoms with Gasteiger partial charge in [0.15, 0.2) is 18.0 Å². The maximum absolute atomic E-state index is 13.5. The highest BCUT2D eigenvalue weighted by Crippen LogP contribution is 2.59. The number of alkyl halides is 2. The van der Waals surface area contributed by atoms with Crippen molar-refractivity contribution in [2.75, 3.05) is 36.9 Å². The fourth-order valence-electron chi connectivity index (χ4n) is 5.49. The van der Waals surface area contributed by atoms with E-state index in [1.54, 1.807) is 25.3 Å². The topological polar surface area (TPSA) is 151 Å². The molecule has 4 unspecified atom stereocenters. The minimum Gasteiger partial charge on any atom is -0.356 e. The standard InChI is InChI=1S/C25H24F2N10O3/c1-13(37-12-31-21-20(37)23(39)36(6-5-28)24(40)34(21)2)22(38)33-18-9-29-8-17(32-18)14-3-4-19(30-7-14)35-10-15-16(11-35)25(15,26)27/h3-4,7-9,12-13,15-16,20-21H,6,10-11H2,1-2H3,(H,32,33,38)/t13-,15?,16?,20?,21?/m0/s1. The molecule has 3 aliphatic heterocycles. The van der Waals surface area contributed by atoms with E-state index < -0.39 is 60.4 Å². The van der Waals surface area contributed by atoms with Gasteiger partial charge in [0.2, 0.25) is 5.91 Å². The van der Waals surface area contributed by atoms with Crippen LogP contribution in [0.5, 0.6) is 0 Å². The highest BCUT2D eigenvalue weighted by molar-refractivity contribution is 6.03. The molecule has 3 fully saturated rings. The molecule has 0 spiro atoms. The predicted molar refractivity (Wildman–Crippen MR) is 136 cm³/mol. The number of carbonyl (C=O) groups is 3. The van der Waals surface area contributed by atoms with Crippen molar-refractivity contribution in [1.29, 1.82) is 5.26 Å². The summed E-state index contributed by atoms with van der Waals surface area (Å²) >= 11 is 0. The summed E-state index contributed by atoms with van der Waals surface area (Å²) in [5, 5.41) is 11.7. The zero-order valence-electron chi connectivity index (χ0n) is 21.5. The number of anilines is 2. The Kier molecular flexibility index (Phi) is 5.86. The lowest BCUT2D eigenvalue weighted by atomic mass is 10.1. The molecular formula is C25H24F2N10O3. The molecule has 1 N–H and O–H groups in total. The SMILES string of the molecule is C[C@@H](C(=O)Nc1cncc(-c2ccc(N3CC4C(C3)C4(F)F)nc2)n1)N1C=NC2C1C(=O)N(CC#N)C(=O)N2C. The summed E-state index contributed by atoms with van der Waals surface area (Å²) < 4.78 is 27.0. The molecule has 2 aromatic rings. The number of fused-ring (bicyclic) bond motifs is 2. The second-order valence-electron chi connectivity index (χ2n) is 10.2. The van der Waals surface area contributed by atoms with E-state index in [0.717, 1.165) is 4.90 Å². The summed E-state index contributed by atoms with van der Waals surface area (Å²) in [6, 6.07) is 2.87. The van der Waals surface area contributed by atoms with Crippen molar-refractivity contribution < 1.29 is 23.2 Å². The fourth-order valence-corrected chi connectivity index (χ4v) is 5.49. The van der Waals surface area contributed by atoms with Gasteiger partial charge in [-0.25, -0.2) is 33.4 Å². The lowest BCUT2D eigenvalue weighted by Crippen LogP contribution is -2.66. The molecule has 6 rings (SSSR count). The number of imide groups is 1. The third-order valence-electron chi connectivity index (χ3n) is 7.91. The van der Waals surface area contributed by atoms with Gasteiger partial charge in [0.25, 0.3) is 11.8 Å². The molecule has 4 aliphatic rings. The second-order valence-corrected chi connectivity index (χ2v) is 10.2. The molecule has 1 saturated carbocycles. The Bertz CT molecular complexity index is 1450. The van der Waals surface area contributed by atoms with Gasteiger partial charge in [-0.1, -0.05) is 0 Å². The minimum atomic E-state index is -2.56. The van der Waals surface area contributed by atoms with E-state index in [9.17, 15) is 23.2 Å². The second kappa shape index (κ2) is 9.18. The average molecular weight is 551 g/mol. The van der Waals surface area contributed by atoms with Crippen LogP contribution in [0.4, 0.5) is 25.2 Å². The zero-order chi connectivity index (χ0) is 28.3. The van der Waals surface area contributed by atoms with E-state index in [1.165, 1.54) is 35.6 Å². The number of carbonyl (C=O) groups excluding carboxylic acids is 3. The number of piperidine rings is 1. The largest absolute Gasteiger partial charge is 0.356 e. The molecule has 5 heterocycles. The molecule has 40 heavy (non-hydrogen) atoms. The number of nitriles is 1. The van der Waals surface area contributed by atoms with Crippen molar-refractivity contribution in [1.82, 2.24) is 29.7 Å². The molecule has 0 bridgehead atoms. The van der Waals surface area contributed by atoms with Crippen LogP contribution in [0.1, 0.15) is 6.92 Å². The van der Waals surface area contributed by atoms with E-state index in [-0.39, 0.29) is 18.9 Å². The molecule has 206 valence electrons. The van der Waals surface area contributed by atoms with Gasteiger partial charge in [-0.05, 0) is 19.1 Å². The molecule has 1 aliphatic carbocycles. The Balaban J connectivity index is 1.12. The third kappa shape index (κ3) is 3.98. The van der Waals surface area contributed by atoms with Gasteiger partial charge in [0.1, 0.15) is 18.4 Å². The predicted octanol–water partition coefficient (Wildman–Crippen LogP) is 1.02. The Labute approximate surface area is 227 Å². The molecule has 5 atom stereocenters. The normalized spacial score (nSPS) is 26.9. The van der Waals surface area contributed by atoms with Crippen molar-refractivity contribution in [2.45, 2.75) is 31.1 Å². The number of nitrogens with one attached hydrogen (secondary N) is 1. The van der Waals surface area contributed by atoms with Crippen molar-refractivity contribution >= 4 is 35.8 Å². The first-order valence-corrected chi connectivity index (χ1v) is 12.6. The number of amides is 4. The van der Waals surface area contributed by atoms with Crippen molar-refractivity contribution in [3.8, 4) is 17.3 Å². The van der Waals surface area contributed by atoms with E-state index in [1.807, 2.05) is 11.0 Å². The van der Waals surface area contributed by atoms with E-state index >= 15 is 0 Å². The number of halogens is 2. The van der Waals surface area contributed by atoms with Gasteiger partial charge in [-0.2, -0.15) is 5.26 Å². The fraction of sp³-hybridized carbons (Fsp3) is 0.440. The van der Waals surface area contributed by atoms with Crippen molar-refractivity contribution in [3.63, 3.8) is 0 Å². The summed E-state index contributed by atoms with van der Waals surface area (Å²) in [7, 11) is 1.48. The smallest absolute Gasteiger partial charge is 0.329 e. The van der Waals surface area contributed by atoms with Crippen LogP contribution in [0, 0.1) is 23.2 Å².